The van der Waals surface area contributed by atoms with Gasteiger partial charge in [0.15, 0.2) is 0 Å². The van der Waals surface area contributed by atoms with Crippen LogP contribution in [0, 0.1) is 23.7 Å². The lowest BCUT2D eigenvalue weighted by Crippen LogP contribution is -2.35. The standard InChI is InChI=1S/C23H21ClN2O5/c1-30-17-6-5-13(24)10-16(17)26-21(27)11-3-2-4-14(7-11)25-22(28)19-12-8-15-18(9-12)31-23(29)20(15)19/h2-7,10,12,15,18-20H,8-9H2,1H3,(H,25,28)(H,26,27)/t12-,15+,18-,19-,20-/m1/s1. The molecule has 1 saturated heterocycles. The highest BCUT2D eigenvalue weighted by molar-refractivity contribution is 6.31. The predicted molar refractivity (Wildman–Crippen MR) is 114 cm³/mol. The Labute approximate surface area is 184 Å². The number of nitrogens with one attached hydrogen (secondary N) is 2. The Morgan fingerprint density at radius 1 is 1.13 bits per heavy atom. The van der Waals surface area contributed by atoms with Crippen molar-refractivity contribution >= 4 is 40.8 Å². The monoisotopic (exact) mass is 440 g/mol. The number of hydrogen-bond donors (Lipinski definition) is 2. The number of carbonyl (C=O) groups excluding carboxylic acids is 3. The number of fused-ring (bicyclic) bond motifs is 1. The summed E-state index contributed by atoms with van der Waals surface area (Å²) in [4.78, 5) is 37.9. The largest absolute Gasteiger partial charge is 0.495 e. The van der Waals surface area contributed by atoms with Gasteiger partial charge in [-0.15, -0.1) is 0 Å². The van der Waals surface area contributed by atoms with Crippen molar-refractivity contribution in [3.05, 3.63) is 53.1 Å². The van der Waals surface area contributed by atoms with Gasteiger partial charge in [-0.3, -0.25) is 14.4 Å². The van der Waals surface area contributed by atoms with Gasteiger partial charge in [-0.05, 0) is 55.2 Å². The van der Waals surface area contributed by atoms with Gasteiger partial charge in [0.05, 0.1) is 24.6 Å². The van der Waals surface area contributed by atoms with E-state index in [-0.39, 0.29) is 47.6 Å². The Bertz CT molecular complexity index is 1090. The maximum absolute atomic E-state index is 13.0. The van der Waals surface area contributed by atoms with Gasteiger partial charge < -0.3 is 20.1 Å². The summed E-state index contributed by atoms with van der Waals surface area (Å²) in [5.74, 6) is -0.692. The fourth-order valence-electron chi connectivity index (χ4n) is 5.30. The number of methoxy groups -OCH3 is 1. The smallest absolute Gasteiger partial charge is 0.310 e. The average molecular weight is 441 g/mol. The lowest BCUT2D eigenvalue weighted by atomic mass is 9.79. The Kier molecular flexibility index (Phi) is 4.85. The minimum atomic E-state index is -0.371. The summed E-state index contributed by atoms with van der Waals surface area (Å²) < 4.78 is 10.7. The highest BCUT2D eigenvalue weighted by Crippen LogP contribution is 2.57. The topological polar surface area (TPSA) is 93.7 Å². The van der Waals surface area contributed by atoms with E-state index in [4.69, 9.17) is 21.1 Å². The molecule has 2 N–H and O–H groups in total. The first-order valence-corrected chi connectivity index (χ1v) is 10.6. The van der Waals surface area contributed by atoms with E-state index < -0.39 is 0 Å². The molecule has 2 aromatic carbocycles. The summed E-state index contributed by atoms with van der Waals surface area (Å²) in [5, 5.41) is 6.14. The molecule has 0 spiro atoms. The van der Waals surface area contributed by atoms with Gasteiger partial charge in [0.1, 0.15) is 11.9 Å². The van der Waals surface area contributed by atoms with Gasteiger partial charge in [0.25, 0.3) is 5.91 Å². The fourth-order valence-corrected chi connectivity index (χ4v) is 5.47. The van der Waals surface area contributed by atoms with Crippen molar-refractivity contribution in [3.63, 3.8) is 0 Å². The Morgan fingerprint density at radius 2 is 1.97 bits per heavy atom. The van der Waals surface area contributed by atoms with Gasteiger partial charge in [0.2, 0.25) is 5.91 Å². The molecule has 1 aliphatic heterocycles. The molecule has 5 rings (SSSR count). The molecule has 3 aliphatic rings. The van der Waals surface area contributed by atoms with Crippen molar-refractivity contribution in [2.75, 3.05) is 17.7 Å². The first kappa shape index (κ1) is 19.9. The summed E-state index contributed by atoms with van der Waals surface area (Å²) in [6.45, 7) is 0. The third kappa shape index (κ3) is 3.43. The van der Waals surface area contributed by atoms with Crippen LogP contribution in [0.2, 0.25) is 5.02 Å². The van der Waals surface area contributed by atoms with E-state index in [1.807, 2.05) is 0 Å². The second-order valence-electron chi connectivity index (χ2n) is 8.29. The minimum absolute atomic E-state index is 0.0120. The maximum atomic E-state index is 13.0. The maximum Gasteiger partial charge on any atom is 0.310 e. The molecule has 8 heteroatoms. The predicted octanol–water partition coefficient (Wildman–Crippen LogP) is 3.74. The fraction of sp³-hybridized carbons (Fsp3) is 0.348. The second-order valence-corrected chi connectivity index (χ2v) is 8.73. The molecule has 2 bridgehead atoms. The molecular weight excluding hydrogens is 420 g/mol. The third-order valence-electron chi connectivity index (χ3n) is 6.59. The summed E-state index contributed by atoms with van der Waals surface area (Å²) in [5.41, 5.74) is 1.32. The molecule has 1 heterocycles. The van der Waals surface area contributed by atoms with Crippen LogP contribution in [0.3, 0.4) is 0 Å². The molecular formula is C23H21ClN2O5. The van der Waals surface area contributed by atoms with Crippen molar-refractivity contribution in [3.8, 4) is 5.75 Å². The van der Waals surface area contributed by atoms with E-state index in [0.717, 1.165) is 12.8 Å². The molecule has 31 heavy (non-hydrogen) atoms. The second kappa shape index (κ2) is 7.57. The Morgan fingerprint density at radius 3 is 2.77 bits per heavy atom. The normalized spacial score (nSPS) is 27.7. The zero-order valence-electron chi connectivity index (χ0n) is 16.8. The third-order valence-corrected chi connectivity index (χ3v) is 6.82. The van der Waals surface area contributed by atoms with E-state index in [1.165, 1.54) is 7.11 Å². The average Bonchev–Trinajstić information content (AvgIpc) is 3.37. The molecule has 0 aromatic heterocycles. The van der Waals surface area contributed by atoms with E-state index in [9.17, 15) is 14.4 Å². The van der Waals surface area contributed by atoms with Gasteiger partial charge >= 0.3 is 5.97 Å². The van der Waals surface area contributed by atoms with Crippen LogP contribution >= 0.6 is 11.6 Å². The number of esters is 1. The first-order chi connectivity index (χ1) is 14.9. The van der Waals surface area contributed by atoms with Crippen LogP contribution in [0.1, 0.15) is 23.2 Å². The highest BCUT2D eigenvalue weighted by Gasteiger charge is 2.63. The summed E-state index contributed by atoms with van der Waals surface area (Å²) in [6.07, 6.45) is 1.61. The number of benzene rings is 2. The van der Waals surface area contributed by atoms with E-state index in [0.29, 0.717) is 27.7 Å². The number of ether oxygens (including phenoxy) is 2. The molecule has 3 fully saturated rings. The van der Waals surface area contributed by atoms with Crippen molar-refractivity contribution in [2.24, 2.45) is 23.7 Å². The van der Waals surface area contributed by atoms with Gasteiger partial charge in [-0.1, -0.05) is 17.7 Å². The van der Waals surface area contributed by atoms with E-state index in [1.54, 1.807) is 42.5 Å². The summed E-state index contributed by atoms with van der Waals surface area (Å²) in [6, 6.07) is 11.6. The number of carbonyl (C=O) groups is 3. The molecule has 7 nitrogen and oxygen atoms in total. The molecule has 0 radical (unpaired) electrons. The summed E-state index contributed by atoms with van der Waals surface area (Å²) >= 11 is 6.02. The van der Waals surface area contributed by atoms with Crippen molar-refractivity contribution in [1.82, 2.24) is 0 Å². The van der Waals surface area contributed by atoms with Crippen LogP contribution in [0.25, 0.3) is 0 Å². The Hall–Kier alpha value is -3.06. The van der Waals surface area contributed by atoms with Crippen LogP contribution in [-0.4, -0.2) is 31.0 Å². The first-order valence-electron chi connectivity index (χ1n) is 10.2. The molecule has 5 atom stereocenters. The SMILES string of the molecule is COc1ccc(Cl)cc1NC(=O)c1cccc(NC(=O)[C@@H]2[C@@H]3C[C@@H]4[C@H]2C(=O)O[C@@H]4C3)c1. The zero-order valence-corrected chi connectivity index (χ0v) is 17.5. The van der Waals surface area contributed by atoms with Crippen molar-refractivity contribution in [2.45, 2.75) is 18.9 Å². The molecule has 2 saturated carbocycles. The van der Waals surface area contributed by atoms with Crippen molar-refractivity contribution < 1.29 is 23.9 Å². The van der Waals surface area contributed by atoms with Crippen LogP contribution < -0.4 is 15.4 Å². The van der Waals surface area contributed by atoms with Gasteiger partial charge in [0, 0.05) is 22.2 Å². The molecule has 160 valence electrons. The molecule has 0 unspecified atom stereocenters. The van der Waals surface area contributed by atoms with Crippen LogP contribution in [-0.2, 0) is 14.3 Å². The number of halogens is 1. The molecule has 2 aliphatic carbocycles. The quantitative estimate of drug-likeness (QED) is 0.691. The summed E-state index contributed by atoms with van der Waals surface area (Å²) in [7, 11) is 1.51. The number of hydrogen-bond acceptors (Lipinski definition) is 5. The van der Waals surface area contributed by atoms with Crippen LogP contribution in [0.15, 0.2) is 42.5 Å². The van der Waals surface area contributed by atoms with Crippen molar-refractivity contribution in [1.29, 1.82) is 0 Å². The molecule has 2 aromatic rings. The van der Waals surface area contributed by atoms with Crippen LogP contribution in [0.5, 0.6) is 5.75 Å². The number of rotatable bonds is 5. The lowest BCUT2D eigenvalue weighted by molar-refractivity contribution is -0.145. The molecule has 2 amide bonds. The van der Waals surface area contributed by atoms with E-state index >= 15 is 0 Å². The number of amides is 2. The Balaban J connectivity index is 1.31. The minimum Gasteiger partial charge on any atom is -0.495 e. The highest BCUT2D eigenvalue weighted by atomic mass is 35.5. The zero-order chi connectivity index (χ0) is 21.7. The van der Waals surface area contributed by atoms with Crippen LogP contribution in [0.4, 0.5) is 11.4 Å². The lowest BCUT2D eigenvalue weighted by Gasteiger charge is -2.23. The van der Waals surface area contributed by atoms with E-state index in [2.05, 4.69) is 10.6 Å². The number of anilines is 2. The van der Waals surface area contributed by atoms with Gasteiger partial charge in [-0.2, -0.15) is 0 Å². The van der Waals surface area contributed by atoms with Gasteiger partial charge in [-0.25, -0.2) is 0 Å².